The third-order valence-electron chi connectivity index (χ3n) is 8.43. The number of fused-ring (bicyclic) bond motifs is 6. The van der Waals surface area contributed by atoms with Crippen LogP contribution in [0.2, 0.25) is 0 Å². The Balaban J connectivity index is 1.31. The number of rotatable bonds is 4. The summed E-state index contributed by atoms with van der Waals surface area (Å²) in [5.74, 6) is 0. The van der Waals surface area contributed by atoms with Crippen molar-refractivity contribution in [3.05, 3.63) is 144 Å². The smallest absolute Gasteiger partial charge is 0.0541 e. The Hall–Kier alpha value is -4.86. The molecule has 0 saturated carbocycles. The summed E-state index contributed by atoms with van der Waals surface area (Å²) in [4.78, 5) is 0. The highest BCUT2D eigenvalue weighted by atomic mass is 15.0. The predicted octanol–water partition coefficient (Wildman–Crippen LogP) is 8.67. The Morgan fingerprint density at radius 2 is 1.25 bits per heavy atom. The van der Waals surface area contributed by atoms with E-state index in [2.05, 4.69) is 137 Å². The van der Waals surface area contributed by atoms with Gasteiger partial charge in [-0.3, -0.25) is 0 Å². The fourth-order valence-corrected chi connectivity index (χ4v) is 6.60. The Morgan fingerprint density at radius 1 is 0.550 bits per heavy atom. The maximum Gasteiger partial charge on any atom is 0.0541 e. The largest absolute Gasteiger partial charge is 0.326 e. The van der Waals surface area contributed by atoms with Crippen LogP contribution in [0.3, 0.4) is 0 Å². The van der Waals surface area contributed by atoms with Crippen molar-refractivity contribution in [3.8, 4) is 11.4 Å². The van der Waals surface area contributed by atoms with Gasteiger partial charge in [0.25, 0.3) is 0 Å². The molecule has 1 aliphatic rings. The zero-order valence-corrected chi connectivity index (χ0v) is 22.2. The molecule has 0 atom stereocenters. The summed E-state index contributed by atoms with van der Waals surface area (Å²) in [6, 6.07) is 43.8. The summed E-state index contributed by atoms with van der Waals surface area (Å²) >= 11 is 0. The van der Waals surface area contributed by atoms with E-state index in [1.54, 1.807) is 0 Å². The first kappa shape index (κ1) is 23.1. The Morgan fingerprint density at radius 3 is 2.08 bits per heavy atom. The number of allylic oxidation sites excluding steroid dienone is 1. The minimum absolute atomic E-state index is 0.544. The van der Waals surface area contributed by atoms with Gasteiger partial charge in [-0.1, -0.05) is 72.8 Å². The summed E-state index contributed by atoms with van der Waals surface area (Å²) in [5, 5.41) is 3.89. The second-order valence-electron chi connectivity index (χ2n) is 10.7. The molecule has 2 N–H and O–H groups in total. The monoisotopic (exact) mass is 515 g/mol. The predicted molar refractivity (Wildman–Crippen MR) is 168 cm³/mol. The van der Waals surface area contributed by atoms with Crippen LogP contribution >= 0.6 is 0 Å². The van der Waals surface area contributed by atoms with E-state index in [9.17, 15) is 0 Å². The number of nitrogens with two attached hydrogens (primary N) is 1. The number of hydrogen-bond acceptors (Lipinski definition) is 1. The van der Waals surface area contributed by atoms with Crippen molar-refractivity contribution >= 4 is 44.4 Å². The number of para-hydroxylation sites is 3. The van der Waals surface area contributed by atoms with Gasteiger partial charge in [0, 0.05) is 45.3 Å². The van der Waals surface area contributed by atoms with E-state index in [4.69, 9.17) is 5.73 Å². The van der Waals surface area contributed by atoms with Gasteiger partial charge < -0.3 is 14.9 Å². The Bertz CT molecular complexity index is 2090. The molecule has 0 unspecified atom stereocenters. The first-order valence-electron chi connectivity index (χ1n) is 14.0. The molecule has 2 aromatic heterocycles. The molecule has 0 spiro atoms. The first-order chi connectivity index (χ1) is 19.8. The highest BCUT2D eigenvalue weighted by molar-refractivity contribution is 6.10. The van der Waals surface area contributed by atoms with Crippen molar-refractivity contribution in [2.24, 2.45) is 5.73 Å². The Labute approximate surface area is 233 Å². The lowest BCUT2D eigenvalue weighted by molar-refractivity contribution is 0.895. The lowest BCUT2D eigenvalue weighted by Gasteiger charge is -2.18. The minimum Gasteiger partial charge on any atom is -0.326 e. The molecule has 0 bridgehead atoms. The number of hydrogen-bond donors (Lipinski definition) is 1. The van der Waals surface area contributed by atoms with Crippen LogP contribution in [0.5, 0.6) is 0 Å². The molecule has 0 saturated heterocycles. The molecule has 0 radical (unpaired) electrons. The van der Waals surface area contributed by atoms with Gasteiger partial charge in [0.1, 0.15) is 0 Å². The van der Waals surface area contributed by atoms with E-state index in [1.165, 1.54) is 66.5 Å². The average Bonchev–Trinajstić information content (AvgIpc) is 3.54. The van der Waals surface area contributed by atoms with Crippen molar-refractivity contribution in [2.45, 2.75) is 19.4 Å². The van der Waals surface area contributed by atoms with E-state index in [-0.39, 0.29) is 0 Å². The van der Waals surface area contributed by atoms with Gasteiger partial charge in [-0.25, -0.2) is 0 Å². The molecular formula is C37H29N3. The normalized spacial score (nSPS) is 13.2. The van der Waals surface area contributed by atoms with Gasteiger partial charge in [0.05, 0.1) is 16.6 Å². The van der Waals surface area contributed by atoms with Crippen LogP contribution in [0.1, 0.15) is 28.8 Å². The van der Waals surface area contributed by atoms with Crippen molar-refractivity contribution < 1.29 is 0 Å². The van der Waals surface area contributed by atoms with Crippen molar-refractivity contribution in [3.63, 3.8) is 0 Å². The standard InChI is InChI=1S/C37H29N3/c38-24-25-9-8-12-29(21-25)40-35-16-7-5-14-31(35)33-23-27(18-20-37(33)40)26-17-19-36-32(22-26)30-13-4-6-15-34(30)39(36)28-10-2-1-3-11-28/h1-17,19,21-23H,18,20,24,38H2. The van der Waals surface area contributed by atoms with Crippen molar-refractivity contribution in [2.75, 3.05) is 0 Å². The van der Waals surface area contributed by atoms with Gasteiger partial charge in [0.2, 0.25) is 0 Å². The van der Waals surface area contributed by atoms with Crippen molar-refractivity contribution in [1.29, 1.82) is 0 Å². The van der Waals surface area contributed by atoms with E-state index in [0.717, 1.165) is 18.4 Å². The Kier molecular flexibility index (Phi) is 5.26. The molecule has 1 aliphatic carbocycles. The first-order valence-corrected chi connectivity index (χ1v) is 14.0. The number of aromatic nitrogens is 2. The van der Waals surface area contributed by atoms with E-state index in [1.807, 2.05) is 0 Å². The van der Waals surface area contributed by atoms with Crippen LogP contribution in [0, 0.1) is 0 Å². The average molecular weight is 516 g/mol. The molecule has 2 heterocycles. The summed E-state index contributed by atoms with van der Waals surface area (Å²) in [7, 11) is 0. The quantitative estimate of drug-likeness (QED) is 0.250. The minimum atomic E-state index is 0.544. The highest BCUT2D eigenvalue weighted by Crippen LogP contribution is 2.40. The highest BCUT2D eigenvalue weighted by Gasteiger charge is 2.22. The van der Waals surface area contributed by atoms with E-state index >= 15 is 0 Å². The van der Waals surface area contributed by atoms with Crippen LogP contribution in [0.4, 0.5) is 0 Å². The molecule has 40 heavy (non-hydrogen) atoms. The van der Waals surface area contributed by atoms with Crippen LogP contribution in [-0.2, 0) is 13.0 Å². The fourth-order valence-electron chi connectivity index (χ4n) is 6.60. The number of nitrogens with zero attached hydrogens (tertiary/aromatic N) is 2. The van der Waals surface area contributed by atoms with Gasteiger partial charge >= 0.3 is 0 Å². The van der Waals surface area contributed by atoms with Gasteiger partial charge in [-0.15, -0.1) is 0 Å². The number of benzene rings is 5. The molecule has 0 fully saturated rings. The van der Waals surface area contributed by atoms with Crippen LogP contribution in [0.15, 0.2) is 121 Å². The molecule has 192 valence electrons. The maximum absolute atomic E-state index is 5.99. The topological polar surface area (TPSA) is 35.9 Å². The molecule has 8 rings (SSSR count). The third kappa shape index (κ3) is 3.48. The lowest BCUT2D eigenvalue weighted by Crippen LogP contribution is -2.06. The SMILES string of the molecule is NCc1cccc(-n2c3c(c4ccccc42)C=C(c2ccc4c(c2)c2ccccc2n4-c2ccccc2)CC3)c1. The molecule has 3 nitrogen and oxygen atoms in total. The second kappa shape index (κ2) is 9.11. The summed E-state index contributed by atoms with van der Waals surface area (Å²) in [5.41, 5.74) is 18.7. The van der Waals surface area contributed by atoms with E-state index in [0.29, 0.717) is 6.54 Å². The molecule has 7 aromatic rings. The summed E-state index contributed by atoms with van der Waals surface area (Å²) < 4.78 is 4.82. The van der Waals surface area contributed by atoms with Gasteiger partial charge in [-0.05, 0) is 84.1 Å². The second-order valence-corrected chi connectivity index (χ2v) is 10.7. The third-order valence-corrected chi connectivity index (χ3v) is 8.43. The van der Waals surface area contributed by atoms with Crippen LogP contribution in [-0.4, -0.2) is 9.13 Å². The van der Waals surface area contributed by atoms with E-state index < -0.39 is 0 Å². The molecule has 5 aromatic carbocycles. The maximum atomic E-state index is 5.99. The molecular weight excluding hydrogens is 486 g/mol. The van der Waals surface area contributed by atoms with Crippen LogP contribution < -0.4 is 5.73 Å². The molecule has 3 heteroatoms. The molecule has 0 aliphatic heterocycles. The van der Waals surface area contributed by atoms with Crippen LogP contribution in [0.25, 0.3) is 55.7 Å². The fraction of sp³-hybridized carbons (Fsp3) is 0.0811. The lowest BCUT2D eigenvalue weighted by atomic mass is 9.90. The van der Waals surface area contributed by atoms with Gasteiger partial charge in [-0.2, -0.15) is 0 Å². The zero-order valence-electron chi connectivity index (χ0n) is 22.2. The van der Waals surface area contributed by atoms with Crippen molar-refractivity contribution in [1.82, 2.24) is 9.13 Å². The zero-order chi connectivity index (χ0) is 26.6. The molecule has 0 amide bonds. The summed E-state index contributed by atoms with van der Waals surface area (Å²) in [6.45, 7) is 0.544. The summed E-state index contributed by atoms with van der Waals surface area (Å²) in [6.07, 6.45) is 4.43. The van der Waals surface area contributed by atoms with Gasteiger partial charge in [0.15, 0.2) is 0 Å².